The van der Waals surface area contributed by atoms with Crippen LogP contribution in [0.2, 0.25) is 5.02 Å². The van der Waals surface area contributed by atoms with E-state index < -0.39 is 0 Å². The predicted octanol–water partition coefficient (Wildman–Crippen LogP) is 3.52. The molecule has 0 fully saturated rings. The van der Waals surface area contributed by atoms with Gasteiger partial charge in [-0.05, 0) is 18.2 Å². The molecule has 0 amide bonds. The number of hydrogen-bond donors (Lipinski definition) is 1. The van der Waals surface area contributed by atoms with Crippen LogP contribution in [0, 0.1) is 0 Å². The lowest BCUT2D eigenvalue weighted by atomic mass is 10.2. The second-order valence-electron chi connectivity index (χ2n) is 5.43. The molecule has 0 unspecified atom stereocenters. The van der Waals surface area contributed by atoms with Gasteiger partial charge in [0.15, 0.2) is 11.5 Å². The summed E-state index contributed by atoms with van der Waals surface area (Å²) in [6.07, 6.45) is 1.53. The van der Waals surface area contributed by atoms with Crippen molar-refractivity contribution in [3.8, 4) is 17.2 Å². The Bertz CT molecular complexity index is 958. The SMILES string of the molecule is COc1cccc(CNc2cnn(-c3ccccc3)c(=O)c2Cl)c1OC. The minimum atomic E-state index is -0.388. The second-order valence-corrected chi connectivity index (χ2v) is 5.81. The fourth-order valence-electron chi connectivity index (χ4n) is 2.59. The molecule has 1 aromatic heterocycles. The van der Waals surface area contributed by atoms with E-state index in [1.54, 1.807) is 26.4 Å². The maximum absolute atomic E-state index is 12.5. The van der Waals surface area contributed by atoms with E-state index in [-0.39, 0.29) is 10.6 Å². The molecular formula is C19H18ClN3O3. The molecule has 0 radical (unpaired) electrons. The van der Waals surface area contributed by atoms with Crippen molar-refractivity contribution in [3.05, 3.63) is 75.7 Å². The van der Waals surface area contributed by atoms with Gasteiger partial charge in [-0.1, -0.05) is 41.9 Å². The van der Waals surface area contributed by atoms with Gasteiger partial charge in [0.2, 0.25) is 0 Å². The molecule has 0 saturated heterocycles. The molecule has 0 spiro atoms. The number of anilines is 1. The number of benzene rings is 2. The first kappa shape index (κ1) is 17.8. The van der Waals surface area contributed by atoms with Crippen molar-refractivity contribution in [3.63, 3.8) is 0 Å². The van der Waals surface area contributed by atoms with Crippen LogP contribution >= 0.6 is 11.6 Å². The van der Waals surface area contributed by atoms with E-state index in [2.05, 4.69) is 10.4 Å². The van der Waals surface area contributed by atoms with E-state index in [0.717, 1.165) is 5.56 Å². The van der Waals surface area contributed by atoms with E-state index in [1.165, 1.54) is 10.9 Å². The number of ether oxygens (including phenoxy) is 2. The average Bonchev–Trinajstić information content (AvgIpc) is 2.69. The first-order valence-electron chi connectivity index (χ1n) is 7.92. The van der Waals surface area contributed by atoms with Crippen LogP contribution in [0.25, 0.3) is 5.69 Å². The largest absolute Gasteiger partial charge is 0.493 e. The highest BCUT2D eigenvalue weighted by molar-refractivity contribution is 6.32. The third kappa shape index (κ3) is 3.50. The Morgan fingerprint density at radius 1 is 1.08 bits per heavy atom. The van der Waals surface area contributed by atoms with E-state index >= 15 is 0 Å². The number of nitrogens with zero attached hydrogens (tertiary/aromatic N) is 2. The number of rotatable bonds is 6. The molecule has 3 aromatic rings. The van der Waals surface area contributed by atoms with Crippen LogP contribution in [0.3, 0.4) is 0 Å². The molecular weight excluding hydrogens is 354 g/mol. The molecule has 1 N–H and O–H groups in total. The van der Waals surface area contributed by atoms with Crippen LogP contribution in [0.15, 0.2) is 59.5 Å². The summed E-state index contributed by atoms with van der Waals surface area (Å²) >= 11 is 6.25. The Balaban J connectivity index is 1.86. The Morgan fingerprint density at radius 2 is 1.85 bits per heavy atom. The number of methoxy groups -OCH3 is 2. The molecule has 1 heterocycles. The van der Waals surface area contributed by atoms with Gasteiger partial charge in [-0.25, -0.2) is 0 Å². The molecule has 2 aromatic carbocycles. The summed E-state index contributed by atoms with van der Waals surface area (Å²) in [5, 5.41) is 7.41. The molecule has 134 valence electrons. The van der Waals surface area contributed by atoms with E-state index in [0.29, 0.717) is 29.4 Å². The fourth-order valence-corrected chi connectivity index (χ4v) is 2.79. The van der Waals surface area contributed by atoms with Crippen molar-refractivity contribution >= 4 is 17.3 Å². The number of para-hydroxylation sites is 2. The molecule has 7 heteroatoms. The van der Waals surface area contributed by atoms with Gasteiger partial charge >= 0.3 is 0 Å². The van der Waals surface area contributed by atoms with Gasteiger partial charge in [-0.2, -0.15) is 9.78 Å². The summed E-state index contributed by atoms with van der Waals surface area (Å²) in [7, 11) is 3.16. The standard InChI is InChI=1S/C19H18ClN3O3/c1-25-16-10-6-7-13(18(16)26-2)11-21-15-12-22-23(19(24)17(15)20)14-8-4-3-5-9-14/h3-10,12,21H,11H2,1-2H3. The smallest absolute Gasteiger partial charge is 0.292 e. The zero-order valence-electron chi connectivity index (χ0n) is 14.4. The van der Waals surface area contributed by atoms with Crippen LogP contribution in [-0.4, -0.2) is 24.0 Å². The summed E-state index contributed by atoms with van der Waals surface area (Å²) < 4.78 is 12.0. The maximum Gasteiger partial charge on any atom is 0.292 e. The third-order valence-electron chi connectivity index (χ3n) is 3.87. The monoisotopic (exact) mass is 371 g/mol. The topological polar surface area (TPSA) is 65.4 Å². The number of hydrogen-bond acceptors (Lipinski definition) is 5. The molecule has 0 aliphatic carbocycles. The van der Waals surface area contributed by atoms with E-state index in [4.69, 9.17) is 21.1 Å². The molecule has 0 bridgehead atoms. The van der Waals surface area contributed by atoms with Crippen molar-refractivity contribution in [1.29, 1.82) is 0 Å². The molecule has 0 aliphatic heterocycles. The molecule has 0 atom stereocenters. The Morgan fingerprint density at radius 3 is 2.54 bits per heavy atom. The van der Waals surface area contributed by atoms with Crippen molar-refractivity contribution < 1.29 is 9.47 Å². The Kier molecular flexibility index (Phi) is 5.43. The lowest BCUT2D eigenvalue weighted by Crippen LogP contribution is -2.22. The zero-order valence-corrected chi connectivity index (χ0v) is 15.2. The molecule has 26 heavy (non-hydrogen) atoms. The van der Waals surface area contributed by atoms with Crippen LogP contribution in [-0.2, 0) is 6.54 Å². The van der Waals surface area contributed by atoms with Gasteiger partial charge in [0.1, 0.15) is 5.02 Å². The van der Waals surface area contributed by atoms with Crippen LogP contribution in [0.5, 0.6) is 11.5 Å². The summed E-state index contributed by atoms with van der Waals surface area (Å²) in [4.78, 5) is 12.5. The van der Waals surface area contributed by atoms with Crippen molar-refractivity contribution in [2.75, 3.05) is 19.5 Å². The van der Waals surface area contributed by atoms with Crippen molar-refractivity contribution in [2.24, 2.45) is 0 Å². The maximum atomic E-state index is 12.5. The highest BCUT2D eigenvalue weighted by Crippen LogP contribution is 2.31. The highest BCUT2D eigenvalue weighted by atomic mass is 35.5. The van der Waals surface area contributed by atoms with Crippen LogP contribution < -0.4 is 20.3 Å². The first-order chi connectivity index (χ1) is 12.7. The molecule has 3 rings (SSSR count). The van der Waals surface area contributed by atoms with Gasteiger partial charge < -0.3 is 14.8 Å². The number of halogens is 1. The van der Waals surface area contributed by atoms with Crippen LogP contribution in [0.4, 0.5) is 5.69 Å². The molecule has 0 saturated carbocycles. The Hall–Kier alpha value is -2.99. The summed E-state index contributed by atoms with van der Waals surface area (Å²) in [5.74, 6) is 1.26. The predicted molar refractivity (Wildman–Crippen MR) is 102 cm³/mol. The minimum Gasteiger partial charge on any atom is -0.493 e. The second kappa shape index (κ2) is 7.93. The van der Waals surface area contributed by atoms with E-state index in [1.807, 2.05) is 36.4 Å². The van der Waals surface area contributed by atoms with Crippen molar-refractivity contribution in [2.45, 2.75) is 6.54 Å². The fraction of sp³-hybridized carbons (Fsp3) is 0.158. The summed E-state index contributed by atoms with van der Waals surface area (Å²) in [5.41, 5.74) is 1.59. The zero-order chi connectivity index (χ0) is 18.5. The molecule has 0 aliphatic rings. The first-order valence-corrected chi connectivity index (χ1v) is 8.30. The quantitative estimate of drug-likeness (QED) is 0.718. The summed E-state index contributed by atoms with van der Waals surface area (Å²) in [6, 6.07) is 14.7. The minimum absolute atomic E-state index is 0.0747. The van der Waals surface area contributed by atoms with Gasteiger partial charge in [-0.15, -0.1) is 0 Å². The van der Waals surface area contributed by atoms with E-state index in [9.17, 15) is 4.79 Å². The lowest BCUT2D eigenvalue weighted by Gasteiger charge is -2.14. The molecule has 6 nitrogen and oxygen atoms in total. The normalized spacial score (nSPS) is 10.4. The highest BCUT2D eigenvalue weighted by Gasteiger charge is 2.13. The average molecular weight is 372 g/mol. The van der Waals surface area contributed by atoms with Gasteiger partial charge in [0.25, 0.3) is 5.56 Å². The van der Waals surface area contributed by atoms with Crippen molar-refractivity contribution in [1.82, 2.24) is 9.78 Å². The summed E-state index contributed by atoms with van der Waals surface area (Å²) in [6.45, 7) is 0.399. The van der Waals surface area contributed by atoms with Crippen LogP contribution in [0.1, 0.15) is 5.56 Å². The third-order valence-corrected chi connectivity index (χ3v) is 4.24. The Labute approximate surface area is 155 Å². The van der Waals surface area contributed by atoms with Gasteiger partial charge in [0.05, 0.1) is 31.8 Å². The van der Waals surface area contributed by atoms with Gasteiger partial charge in [-0.3, -0.25) is 4.79 Å². The number of aromatic nitrogens is 2. The lowest BCUT2D eigenvalue weighted by molar-refractivity contribution is 0.352. The van der Waals surface area contributed by atoms with Gasteiger partial charge in [0, 0.05) is 12.1 Å². The number of nitrogens with one attached hydrogen (secondary N) is 1.